The molecule has 0 aliphatic carbocycles. The van der Waals surface area contributed by atoms with Gasteiger partial charge in [0.25, 0.3) is 0 Å². The summed E-state index contributed by atoms with van der Waals surface area (Å²) in [6.45, 7) is 7.58. The van der Waals surface area contributed by atoms with Gasteiger partial charge in [-0.3, -0.25) is 4.57 Å². The molecule has 2 rings (SSSR count). The lowest BCUT2D eigenvalue weighted by Crippen LogP contribution is -2.22. The fourth-order valence-electron chi connectivity index (χ4n) is 2.47. The molecule has 0 saturated heterocycles. The molecule has 0 fully saturated rings. The number of ether oxygens (including phenoxy) is 3. The standard InChI is InChI=1S/C17H28N5O6P/c1-6-12(7-25-29-26-8-13(23)27-10(2)3)28-11(4)22-9-19-14-15(22)20-17(18)21-16(14)24-5/h9-12,29H,6-8H2,1-5H3,(H2,18,20,21). The Kier molecular flexibility index (Phi) is 8.97. The predicted molar refractivity (Wildman–Crippen MR) is 108 cm³/mol. The first-order valence-corrected chi connectivity index (χ1v) is 10.0. The average molecular weight is 429 g/mol. The van der Waals surface area contributed by atoms with E-state index in [4.69, 9.17) is 29.0 Å². The number of aromatic nitrogens is 4. The van der Waals surface area contributed by atoms with Crippen LogP contribution < -0.4 is 10.5 Å². The van der Waals surface area contributed by atoms with Crippen LogP contribution in [0.25, 0.3) is 11.2 Å². The van der Waals surface area contributed by atoms with Crippen molar-refractivity contribution in [2.24, 2.45) is 0 Å². The van der Waals surface area contributed by atoms with Crippen molar-refractivity contribution in [2.75, 3.05) is 26.1 Å². The summed E-state index contributed by atoms with van der Waals surface area (Å²) in [7, 11) is 1.21. The van der Waals surface area contributed by atoms with Gasteiger partial charge >= 0.3 is 5.97 Å². The van der Waals surface area contributed by atoms with E-state index in [1.54, 1.807) is 24.7 Å². The quantitative estimate of drug-likeness (QED) is 0.304. The Bertz CT molecular complexity index is 802. The molecule has 0 radical (unpaired) electrons. The van der Waals surface area contributed by atoms with E-state index in [0.29, 0.717) is 23.7 Å². The molecule has 29 heavy (non-hydrogen) atoms. The number of imidazole rings is 1. The number of hydrogen-bond acceptors (Lipinski definition) is 10. The topological polar surface area (TPSA) is 133 Å². The number of nitrogen functional groups attached to an aromatic ring is 1. The zero-order valence-electron chi connectivity index (χ0n) is 17.2. The Morgan fingerprint density at radius 3 is 2.69 bits per heavy atom. The van der Waals surface area contributed by atoms with E-state index in [0.717, 1.165) is 6.42 Å². The molecule has 0 aliphatic heterocycles. The van der Waals surface area contributed by atoms with Crippen LogP contribution in [-0.2, 0) is 23.3 Å². The molecule has 2 N–H and O–H groups in total. The Balaban J connectivity index is 1.87. The Morgan fingerprint density at radius 1 is 1.28 bits per heavy atom. The lowest BCUT2D eigenvalue weighted by Gasteiger charge is -2.22. The Labute approximate surface area is 171 Å². The van der Waals surface area contributed by atoms with Gasteiger partial charge in [0.15, 0.2) is 26.8 Å². The summed E-state index contributed by atoms with van der Waals surface area (Å²) in [5.74, 6) is -0.0205. The van der Waals surface area contributed by atoms with E-state index in [1.165, 1.54) is 7.11 Å². The van der Waals surface area contributed by atoms with Gasteiger partial charge in [0, 0.05) is 0 Å². The summed E-state index contributed by atoms with van der Waals surface area (Å²) >= 11 is 0. The van der Waals surface area contributed by atoms with Gasteiger partial charge in [-0.1, -0.05) is 6.92 Å². The highest BCUT2D eigenvalue weighted by Crippen LogP contribution is 2.25. The van der Waals surface area contributed by atoms with Crippen molar-refractivity contribution >= 4 is 32.1 Å². The molecule has 162 valence electrons. The molecule has 0 saturated carbocycles. The van der Waals surface area contributed by atoms with Gasteiger partial charge in [-0.05, 0) is 27.2 Å². The minimum Gasteiger partial charge on any atom is -0.479 e. The van der Waals surface area contributed by atoms with Crippen molar-refractivity contribution in [1.29, 1.82) is 0 Å². The zero-order valence-corrected chi connectivity index (χ0v) is 18.2. The van der Waals surface area contributed by atoms with Crippen LogP contribution in [0, 0.1) is 0 Å². The van der Waals surface area contributed by atoms with Gasteiger partial charge in [-0.25, -0.2) is 9.78 Å². The van der Waals surface area contributed by atoms with Gasteiger partial charge in [0.05, 0.1) is 32.3 Å². The van der Waals surface area contributed by atoms with Gasteiger partial charge in [0.2, 0.25) is 11.8 Å². The highest BCUT2D eigenvalue weighted by atomic mass is 31.1. The largest absolute Gasteiger partial charge is 0.479 e. The van der Waals surface area contributed by atoms with E-state index >= 15 is 0 Å². The second-order valence-corrected chi connectivity index (χ2v) is 7.15. The first kappa shape index (κ1) is 23.2. The lowest BCUT2D eigenvalue weighted by molar-refractivity contribution is -0.149. The van der Waals surface area contributed by atoms with E-state index in [2.05, 4.69) is 15.0 Å². The molecule has 0 bridgehead atoms. The van der Waals surface area contributed by atoms with Crippen LogP contribution in [0.3, 0.4) is 0 Å². The monoisotopic (exact) mass is 429 g/mol. The molecule has 0 aromatic carbocycles. The zero-order chi connectivity index (χ0) is 21.4. The maximum Gasteiger partial charge on any atom is 0.332 e. The number of nitrogens with zero attached hydrogens (tertiary/aromatic N) is 4. The van der Waals surface area contributed by atoms with Gasteiger partial charge in [0.1, 0.15) is 6.23 Å². The number of carbonyl (C=O) groups is 1. The van der Waals surface area contributed by atoms with Crippen molar-refractivity contribution in [1.82, 2.24) is 19.5 Å². The summed E-state index contributed by atoms with van der Waals surface area (Å²) in [6, 6.07) is 0. The van der Waals surface area contributed by atoms with Gasteiger partial charge in [-0.2, -0.15) is 9.97 Å². The number of nitrogens with two attached hydrogens (primary N) is 1. The number of hydrogen-bond donors (Lipinski definition) is 1. The van der Waals surface area contributed by atoms with E-state index in [9.17, 15) is 4.79 Å². The molecule has 3 atom stereocenters. The molecule has 0 amide bonds. The first-order valence-electron chi connectivity index (χ1n) is 9.23. The number of rotatable bonds is 12. The van der Waals surface area contributed by atoms with Crippen LogP contribution in [0.1, 0.15) is 40.3 Å². The number of anilines is 1. The third kappa shape index (κ3) is 6.74. The minimum absolute atomic E-state index is 0.0908. The number of fused-ring (bicyclic) bond motifs is 1. The maximum absolute atomic E-state index is 11.4. The van der Waals surface area contributed by atoms with Crippen molar-refractivity contribution in [3.8, 4) is 5.88 Å². The highest BCUT2D eigenvalue weighted by Gasteiger charge is 2.19. The molecule has 11 nitrogen and oxygen atoms in total. The number of esters is 1. The first-order chi connectivity index (χ1) is 13.8. The third-order valence-corrected chi connectivity index (χ3v) is 4.33. The molecule has 0 spiro atoms. The smallest absolute Gasteiger partial charge is 0.332 e. The van der Waals surface area contributed by atoms with Crippen molar-refractivity contribution in [2.45, 2.75) is 52.6 Å². The summed E-state index contributed by atoms with van der Waals surface area (Å²) < 4.78 is 28.7. The van der Waals surface area contributed by atoms with E-state index in [1.807, 2.05) is 13.8 Å². The second kappa shape index (κ2) is 11.2. The van der Waals surface area contributed by atoms with Gasteiger partial charge in [-0.15, -0.1) is 0 Å². The summed E-state index contributed by atoms with van der Waals surface area (Å²) in [4.78, 5) is 23.9. The fraction of sp³-hybridized carbons (Fsp3) is 0.647. The number of carbonyl (C=O) groups excluding carboxylic acids is 1. The van der Waals surface area contributed by atoms with Crippen molar-refractivity contribution in [3.63, 3.8) is 0 Å². The van der Waals surface area contributed by atoms with Crippen molar-refractivity contribution < 1.29 is 28.1 Å². The second-order valence-electron chi connectivity index (χ2n) is 6.40. The van der Waals surface area contributed by atoms with Crippen molar-refractivity contribution in [3.05, 3.63) is 6.33 Å². The molecule has 2 aromatic rings. The Morgan fingerprint density at radius 2 is 2.03 bits per heavy atom. The average Bonchev–Trinajstić information content (AvgIpc) is 3.09. The van der Waals surface area contributed by atoms with Crippen LogP contribution in [-0.4, -0.2) is 58.0 Å². The maximum atomic E-state index is 11.4. The fourth-order valence-corrected chi connectivity index (χ4v) is 2.98. The third-order valence-electron chi connectivity index (χ3n) is 3.78. The molecule has 0 aliphatic rings. The Hall–Kier alpha value is -2.07. The molecule has 3 unspecified atom stereocenters. The van der Waals surface area contributed by atoms with Crippen LogP contribution in [0.2, 0.25) is 0 Å². The van der Waals surface area contributed by atoms with Crippen LogP contribution in [0.5, 0.6) is 5.88 Å². The lowest BCUT2D eigenvalue weighted by atomic mass is 10.3. The molecular formula is C17H28N5O6P. The summed E-state index contributed by atoms with van der Waals surface area (Å²) in [5, 5.41) is 0. The van der Waals surface area contributed by atoms with E-state index in [-0.39, 0.29) is 40.0 Å². The van der Waals surface area contributed by atoms with Gasteiger partial charge < -0.3 is 29.0 Å². The number of methoxy groups -OCH3 is 1. The highest BCUT2D eigenvalue weighted by molar-refractivity contribution is 7.26. The van der Waals surface area contributed by atoms with E-state index < -0.39 is 5.97 Å². The van der Waals surface area contributed by atoms with Crippen LogP contribution >= 0.6 is 9.03 Å². The normalized spacial score (nSPS) is 14.0. The molecule has 2 heterocycles. The summed E-state index contributed by atoms with van der Waals surface area (Å²) in [5.41, 5.74) is 6.77. The van der Waals surface area contributed by atoms with Crippen LogP contribution in [0.15, 0.2) is 6.33 Å². The molecule has 12 heteroatoms. The minimum atomic E-state index is -0.420. The molecule has 2 aromatic heterocycles. The predicted octanol–water partition coefficient (Wildman–Crippen LogP) is 2.22. The van der Waals surface area contributed by atoms with Crippen LogP contribution in [0.4, 0.5) is 5.95 Å². The SMILES string of the molecule is CCC(COPOCC(=O)OC(C)C)OC(C)n1cnc2c(OC)nc(N)nc21. The summed E-state index contributed by atoms with van der Waals surface area (Å²) in [6.07, 6.45) is 1.58. The molecular weight excluding hydrogens is 401 g/mol.